The molecule has 1 amide bonds. The fourth-order valence-electron chi connectivity index (χ4n) is 2.35. The molecule has 1 aromatic carbocycles. The van der Waals surface area contributed by atoms with Crippen molar-refractivity contribution in [2.45, 2.75) is 26.1 Å². The van der Waals surface area contributed by atoms with Gasteiger partial charge in [-0.3, -0.25) is 4.79 Å². The average Bonchev–Trinajstić information content (AvgIpc) is 2.44. The summed E-state index contributed by atoms with van der Waals surface area (Å²) in [6.45, 7) is 5.28. The molecule has 1 aliphatic heterocycles. The van der Waals surface area contributed by atoms with Crippen molar-refractivity contribution < 1.29 is 14.3 Å². The van der Waals surface area contributed by atoms with Gasteiger partial charge in [-0.1, -0.05) is 12.1 Å². The second-order valence-electron chi connectivity index (χ2n) is 5.11. The van der Waals surface area contributed by atoms with Crippen molar-refractivity contribution in [3.63, 3.8) is 0 Å². The lowest BCUT2D eigenvalue weighted by Crippen LogP contribution is -2.47. The fourth-order valence-corrected chi connectivity index (χ4v) is 2.35. The number of ether oxygens (including phenoxy) is 2. The lowest BCUT2D eigenvalue weighted by Gasteiger charge is -2.34. The zero-order valence-corrected chi connectivity index (χ0v) is 12.2. The van der Waals surface area contributed by atoms with Gasteiger partial charge in [0.1, 0.15) is 5.75 Å². The van der Waals surface area contributed by atoms with Crippen LogP contribution in [0.25, 0.3) is 6.08 Å². The van der Waals surface area contributed by atoms with Crippen LogP contribution in [0, 0.1) is 0 Å². The third kappa shape index (κ3) is 3.84. The van der Waals surface area contributed by atoms with Gasteiger partial charge >= 0.3 is 0 Å². The average molecular weight is 275 g/mol. The van der Waals surface area contributed by atoms with Crippen LogP contribution in [0.15, 0.2) is 30.3 Å². The normalized spacial score (nSPS) is 23.1. The van der Waals surface area contributed by atoms with Crippen LogP contribution in [-0.4, -0.2) is 43.2 Å². The molecule has 0 N–H and O–H groups in total. The first-order valence-corrected chi connectivity index (χ1v) is 6.85. The number of rotatable bonds is 3. The van der Waals surface area contributed by atoms with Crippen molar-refractivity contribution in [2.24, 2.45) is 0 Å². The molecule has 4 heteroatoms. The van der Waals surface area contributed by atoms with Crippen molar-refractivity contribution in [1.29, 1.82) is 0 Å². The number of carbonyl (C=O) groups is 1. The van der Waals surface area contributed by atoms with Gasteiger partial charge < -0.3 is 14.4 Å². The fraction of sp³-hybridized carbons (Fsp3) is 0.438. The minimum atomic E-state index is 0.0304. The molecule has 0 radical (unpaired) electrons. The van der Waals surface area contributed by atoms with E-state index in [9.17, 15) is 4.79 Å². The Kier molecular flexibility index (Phi) is 4.79. The van der Waals surface area contributed by atoms with Gasteiger partial charge in [-0.2, -0.15) is 0 Å². The van der Waals surface area contributed by atoms with E-state index in [1.54, 1.807) is 13.2 Å². The van der Waals surface area contributed by atoms with Crippen LogP contribution in [0.4, 0.5) is 0 Å². The van der Waals surface area contributed by atoms with Crippen molar-refractivity contribution in [3.05, 3.63) is 35.9 Å². The summed E-state index contributed by atoms with van der Waals surface area (Å²) >= 11 is 0. The minimum absolute atomic E-state index is 0.0304. The Labute approximate surface area is 120 Å². The molecule has 1 saturated heterocycles. The summed E-state index contributed by atoms with van der Waals surface area (Å²) in [6, 6.07) is 7.60. The van der Waals surface area contributed by atoms with Crippen molar-refractivity contribution in [1.82, 2.24) is 4.90 Å². The number of hydrogen-bond acceptors (Lipinski definition) is 3. The van der Waals surface area contributed by atoms with E-state index in [0.29, 0.717) is 13.1 Å². The molecule has 108 valence electrons. The Morgan fingerprint density at radius 3 is 2.40 bits per heavy atom. The molecule has 20 heavy (non-hydrogen) atoms. The van der Waals surface area contributed by atoms with Gasteiger partial charge in [-0.15, -0.1) is 0 Å². The molecule has 0 aliphatic carbocycles. The highest BCUT2D eigenvalue weighted by atomic mass is 16.5. The first-order valence-electron chi connectivity index (χ1n) is 6.85. The molecule has 0 bridgehead atoms. The summed E-state index contributed by atoms with van der Waals surface area (Å²) in [5.74, 6) is 0.840. The highest BCUT2D eigenvalue weighted by molar-refractivity contribution is 5.91. The number of hydrogen-bond donors (Lipinski definition) is 0. The third-order valence-corrected chi connectivity index (χ3v) is 3.27. The SMILES string of the molecule is COc1ccc(/C=C/C(=O)N2C[C@@H](C)O[C@H](C)C2)cc1. The number of morpholine rings is 1. The van der Waals surface area contributed by atoms with E-state index in [0.717, 1.165) is 11.3 Å². The van der Waals surface area contributed by atoms with Crippen molar-refractivity contribution in [3.8, 4) is 5.75 Å². The van der Waals surface area contributed by atoms with Gasteiger partial charge in [-0.25, -0.2) is 0 Å². The van der Waals surface area contributed by atoms with Crippen LogP contribution in [-0.2, 0) is 9.53 Å². The molecule has 1 aliphatic rings. The molecule has 4 nitrogen and oxygen atoms in total. The van der Waals surface area contributed by atoms with Crippen LogP contribution in [0.2, 0.25) is 0 Å². The van der Waals surface area contributed by atoms with Crippen molar-refractivity contribution in [2.75, 3.05) is 20.2 Å². The van der Waals surface area contributed by atoms with E-state index in [-0.39, 0.29) is 18.1 Å². The lowest BCUT2D eigenvalue weighted by atomic mass is 10.2. The zero-order chi connectivity index (χ0) is 14.5. The van der Waals surface area contributed by atoms with Crippen LogP contribution >= 0.6 is 0 Å². The van der Waals surface area contributed by atoms with E-state index in [4.69, 9.17) is 9.47 Å². The molecule has 0 saturated carbocycles. The van der Waals surface area contributed by atoms with Gasteiger partial charge in [0.15, 0.2) is 0 Å². The first kappa shape index (κ1) is 14.6. The monoisotopic (exact) mass is 275 g/mol. The molecule has 1 fully saturated rings. The highest BCUT2D eigenvalue weighted by Gasteiger charge is 2.24. The van der Waals surface area contributed by atoms with E-state index in [1.807, 2.05) is 49.1 Å². The number of amides is 1. The summed E-state index contributed by atoms with van der Waals surface area (Å²) in [4.78, 5) is 14.0. The van der Waals surface area contributed by atoms with Crippen LogP contribution in [0.3, 0.4) is 0 Å². The molecule has 1 aromatic rings. The summed E-state index contributed by atoms with van der Waals surface area (Å²) < 4.78 is 10.7. The number of methoxy groups -OCH3 is 1. The molecule has 0 unspecified atom stereocenters. The first-order chi connectivity index (χ1) is 9.58. The second kappa shape index (κ2) is 6.57. The van der Waals surface area contributed by atoms with Crippen LogP contribution < -0.4 is 4.74 Å². The van der Waals surface area contributed by atoms with Crippen molar-refractivity contribution >= 4 is 12.0 Å². The molecule has 0 aromatic heterocycles. The van der Waals surface area contributed by atoms with Gasteiger partial charge in [-0.05, 0) is 37.6 Å². The topological polar surface area (TPSA) is 38.8 Å². The summed E-state index contributed by atoms with van der Waals surface area (Å²) in [5.41, 5.74) is 0.980. The largest absolute Gasteiger partial charge is 0.497 e. The molecule has 2 rings (SSSR count). The van der Waals surface area contributed by atoms with E-state index >= 15 is 0 Å². The molecular formula is C16H21NO3. The van der Waals surface area contributed by atoms with Gasteiger partial charge in [0, 0.05) is 19.2 Å². The van der Waals surface area contributed by atoms with Gasteiger partial charge in [0.2, 0.25) is 5.91 Å². The minimum Gasteiger partial charge on any atom is -0.497 e. The Balaban J connectivity index is 1.97. The van der Waals surface area contributed by atoms with Gasteiger partial charge in [0.25, 0.3) is 0 Å². The van der Waals surface area contributed by atoms with Crippen LogP contribution in [0.5, 0.6) is 5.75 Å². The second-order valence-corrected chi connectivity index (χ2v) is 5.11. The molecule has 2 atom stereocenters. The summed E-state index contributed by atoms with van der Waals surface area (Å²) in [5, 5.41) is 0. The Morgan fingerprint density at radius 1 is 1.25 bits per heavy atom. The number of nitrogens with zero attached hydrogens (tertiary/aromatic N) is 1. The lowest BCUT2D eigenvalue weighted by molar-refractivity contribution is -0.137. The summed E-state index contributed by atoms with van der Waals surface area (Å²) in [6.07, 6.45) is 3.63. The number of benzene rings is 1. The highest BCUT2D eigenvalue weighted by Crippen LogP contribution is 2.14. The maximum atomic E-state index is 12.1. The zero-order valence-electron chi connectivity index (χ0n) is 12.2. The summed E-state index contributed by atoms with van der Waals surface area (Å²) in [7, 11) is 1.63. The third-order valence-electron chi connectivity index (χ3n) is 3.27. The smallest absolute Gasteiger partial charge is 0.246 e. The van der Waals surface area contributed by atoms with E-state index in [2.05, 4.69) is 0 Å². The maximum Gasteiger partial charge on any atom is 0.246 e. The quantitative estimate of drug-likeness (QED) is 0.795. The Bertz CT molecular complexity index is 471. The predicted molar refractivity (Wildman–Crippen MR) is 78.6 cm³/mol. The molecule has 0 spiro atoms. The Hall–Kier alpha value is -1.81. The maximum absolute atomic E-state index is 12.1. The van der Waals surface area contributed by atoms with E-state index in [1.165, 1.54) is 0 Å². The predicted octanol–water partition coefficient (Wildman–Crippen LogP) is 2.34. The van der Waals surface area contributed by atoms with Gasteiger partial charge in [0.05, 0.1) is 19.3 Å². The molecule has 1 heterocycles. The molecular weight excluding hydrogens is 254 g/mol. The number of carbonyl (C=O) groups excluding carboxylic acids is 1. The van der Waals surface area contributed by atoms with E-state index < -0.39 is 0 Å². The standard InChI is InChI=1S/C16H21NO3/c1-12-10-17(11-13(2)20-12)16(18)9-6-14-4-7-15(19-3)8-5-14/h4-9,12-13H,10-11H2,1-3H3/b9-6+/t12-,13-/m1/s1. The Morgan fingerprint density at radius 2 is 1.85 bits per heavy atom. The van der Waals surface area contributed by atoms with Crippen LogP contribution in [0.1, 0.15) is 19.4 Å².